The third-order valence-electron chi connectivity index (χ3n) is 4.25. The monoisotopic (exact) mass is 353 g/mol. The van der Waals surface area contributed by atoms with Crippen LogP contribution in [0.4, 0.5) is 5.69 Å². The molecule has 0 bridgehead atoms. The molecular weight excluding hydrogens is 328 g/mol. The van der Waals surface area contributed by atoms with Crippen LogP contribution in [0, 0.1) is 6.92 Å². The van der Waals surface area contributed by atoms with E-state index in [0.717, 1.165) is 15.7 Å². The Labute approximate surface area is 136 Å². The Morgan fingerprint density at radius 2 is 1.90 bits per heavy atom. The van der Waals surface area contributed by atoms with Gasteiger partial charge in [-0.3, -0.25) is 4.79 Å². The number of amides is 1. The first kappa shape index (κ1) is 16.5. The number of halogens is 1. The molecule has 1 aliphatic carbocycles. The molecule has 0 heterocycles. The Morgan fingerprint density at radius 1 is 1.24 bits per heavy atom. The minimum Gasteiger partial charge on any atom is -0.336 e. The fraction of sp³-hybridized carbons (Fsp3) is 0.588. The number of carbonyl (C=O) groups excluding carboxylic acids is 1. The molecule has 1 fully saturated rings. The van der Waals surface area contributed by atoms with Crippen LogP contribution in [-0.4, -0.2) is 18.5 Å². The smallest absolute Gasteiger partial charge is 0.279 e. The zero-order valence-corrected chi connectivity index (χ0v) is 14.4. The van der Waals surface area contributed by atoms with E-state index < -0.39 is 0 Å². The Kier molecular flexibility index (Phi) is 6.71. The molecule has 1 aliphatic rings. The first-order chi connectivity index (χ1) is 10.1. The second-order valence-corrected chi connectivity index (χ2v) is 6.97. The molecule has 4 heteroatoms. The number of nitrogens with two attached hydrogens (primary N) is 1. The van der Waals surface area contributed by atoms with Crippen LogP contribution in [0.3, 0.4) is 0 Å². The summed E-state index contributed by atoms with van der Waals surface area (Å²) in [6.45, 7) is 2.54. The molecule has 0 aromatic heterocycles. The van der Waals surface area contributed by atoms with Crippen molar-refractivity contribution in [2.24, 2.45) is 0 Å². The van der Waals surface area contributed by atoms with Crippen molar-refractivity contribution in [3.05, 3.63) is 28.2 Å². The Balaban J connectivity index is 1.78. The van der Waals surface area contributed by atoms with Crippen molar-refractivity contribution in [2.75, 3.05) is 11.9 Å². The van der Waals surface area contributed by atoms with Crippen LogP contribution in [0.15, 0.2) is 22.7 Å². The molecule has 0 atom stereocenters. The summed E-state index contributed by atoms with van der Waals surface area (Å²) in [5.41, 5.74) is 2.00. The van der Waals surface area contributed by atoms with Gasteiger partial charge >= 0.3 is 0 Å². The fourth-order valence-corrected chi connectivity index (χ4v) is 3.44. The SMILES string of the molecule is Cc1cc(Br)ccc1NC(=O)C[NH2+]C1CCCCCCC1. The van der Waals surface area contributed by atoms with Gasteiger partial charge in [-0.2, -0.15) is 0 Å². The van der Waals surface area contributed by atoms with Crippen LogP contribution in [-0.2, 0) is 4.79 Å². The van der Waals surface area contributed by atoms with Crippen molar-refractivity contribution < 1.29 is 10.1 Å². The van der Waals surface area contributed by atoms with Crippen molar-refractivity contribution >= 4 is 27.5 Å². The normalized spacial score (nSPS) is 17.0. The molecule has 0 saturated heterocycles. The van der Waals surface area contributed by atoms with E-state index in [9.17, 15) is 4.79 Å². The van der Waals surface area contributed by atoms with E-state index in [2.05, 4.69) is 26.6 Å². The van der Waals surface area contributed by atoms with Crippen molar-refractivity contribution in [3.63, 3.8) is 0 Å². The quantitative estimate of drug-likeness (QED) is 0.856. The van der Waals surface area contributed by atoms with Gasteiger partial charge in [0.25, 0.3) is 5.91 Å². The molecule has 0 aliphatic heterocycles. The third kappa shape index (κ3) is 5.79. The summed E-state index contributed by atoms with van der Waals surface area (Å²) in [6, 6.07) is 6.56. The van der Waals surface area contributed by atoms with Gasteiger partial charge < -0.3 is 10.6 Å². The number of hydrogen-bond donors (Lipinski definition) is 2. The van der Waals surface area contributed by atoms with E-state index in [1.807, 2.05) is 25.1 Å². The summed E-state index contributed by atoms with van der Waals surface area (Å²) in [7, 11) is 0. The van der Waals surface area contributed by atoms with Gasteiger partial charge in [0.05, 0.1) is 6.04 Å². The second kappa shape index (κ2) is 8.54. The van der Waals surface area contributed by atoms with E-state index in [-0.39, 0.29) is 5.91 Å². The maximum Gasteiger partial charge on any atom is 0.279 e. The summed E-state index contributed by atoms with van der Waals surface area (Å²) in [6.07, 6.45) is 9.23. The molecule has 1 aromatic carbocycles. The van der Waals surface area contributed by atoms with Crippen molar-refractivity contribution in [3.8, 4) is 0 Å². The maximum absolute atomic E-state index is 12.1. The summed E-state index contributed by atoms with van der Waals surface area (Å²) in [5, 5.41) is 5.24. The van der Waals surface area contributed by atoms with E-state index in [0.29, 0.717) is 12.6 Å². The van der Waals surface area contributed by atoms with Gasteiger partial charge in [-0.05, 0) is 56.4 Å². The first-order valence-corrected chi connectivity index (χ1v) is 8.84. The van der Waals surface area contributed by atoms with E-state index in [4.69, 9.17) is 0 Å². The number of carbonyl (C=O) groups is 1. The molecule has 116 valence electrons. The lowest BCUT2D eigenvalue weighted by Gasteiger charge is -2.18. The number of nitrogens with one attached hydrogen (secondary N) is 1. The highest BCUT2D eigenvalue weighted by atomic mass is 79.9. The summed E-state index contributed by atoms with van der Waals surface area (Å²) in [4.78, 5) is 12.1. The molecule has 0 unspecified atom stereocenters. The highest BCUT2D eigenvalue weighted by Gasteiger charge is 2.16. The minimum absolute atomic E-state index is 0.0995. The van der Waals surface area contributed by atoms with Crippen LogP contribution in [0.2, 0.25) is 0 Å². The van der Waals surface area contributed by atoms with Gasteiger partial charge in [0.2, 0.25) is 0 Å². The van der Waals surface area contributed by atoms with E-state index in [1.54, 1.807) is 0 Å². The number of aryl methyl sites for hydroxylation is 1. The second-order valence-electron chi connectivity index (χ2n) is 6.05. The van der Waals surface area contributed by atoms with Gasteiger partial charge in [0.1, 0.15) is 0 Å². The molecule has 1 saturated carbocycles. The molecule has 2 rings (SSSR count). The average Bonchev–Trinajstić information content (AvgIpc) is 2.41. The minimum atomic E-state index is 0.0995. The highest BCUT2D eigenvalue weighted by Crippen LogP contribution is 2.19. The van der Waals surface area contributed by atoms with Crippen LogP contribution in [0.25, 0.3) is 0 Å². The summed E-state index contributed by atoms with van der Waals surface area (Å²) in [5.74, 6) is 0.0995. The standard InChI is InChI=1S/C17H25BrN2O/c1-13-11-14(18)9-10-16(13)20-17(21)12-19-15-7-5-3-2-4-6-8-15/h9-11,15,19H,2-8,12H2,1H3,(H,20,21)/p+1. The summed E-state index contributed by atoms with van der Waals surface area (Å²) < 4.78 is 1.04. The Morgan fingerprint density at radius 3 is 2.57 bits per heavy atom. The number of benzene rings is 1. The highest BCUT2D eigenvalue weighted by molar-refractivity contribution is 9.10. The van der Waals surface area contributed by atoms with Gasteiger partial charge in [-0.1, -0.05) is 35.2 Å². The van der Waals surface area contributed by atoms with Gasteiger partial charge in [-0.25, -0.2) is 0 Å². The lowest BCUT2D eigenvalue weighted by molar-refractivity contribution is -0.680. The first-order valence-electron chi connectivity index (χ1n) is 8.04. The molecule has 3 N–H and O–H groups in total. The predicted molar refractivity (Wildman–Crippen MR) is 90.4 cm³/mol. The van der Waals surface area contributed by atoms with Crippen LogP contribution in [0.1, 0.15) is 50.5 Å². The number of hydrogen-bond acceptors (Lipinski definition) is 1. The third-order valence-corrected chi connectivity index (χ3v) is 4.74. The lowest BCUT2D eigenvalue weighted by Crippen LogP contribution is -2.91. The summed E-state index contributed by atoms with van der Waals surface area (Å²) >= 11 is 3.44. The fourth-order valence-electron chi connectivity index (χ4n) is 2.97. The molecule has 1 aromatic rings. The predicted octanol–water partition coefficient (Wildman–Crippen LogP) is 3.37. The topological polar surface area (TPSA) is 45.7 Å². The van der Waals surface area contributed by atoms with Gasteiger partial charge in [0, 0.05) is 10.2 Å². The van der Waals surface area contributed by atoms with Crippen molar-refractivity contribution in [2.45, 2.75) is 57.9 Å². The number of rotatable bonds is 4. The molecule has 0 radical (unpaired) electrons. The van der Waals surface area contributed by atoms with Crippen LogP contribution < -0.4 is 10.6 Å². The lowest BCUT2D eigenvalue weighted by atomic mass is 9.97. The zero-order chi connectivity index (χ0) is 15.1. The molecule has 3 nitrogen and oxygen atoms in total. The van der Waals surface area contributed by atoms with Gasteiger partial charge in [-0.15, -0.1) is 0 Å². The molecule has 21 heavy (non-hydrogen) atoms. The van der Waals surface area contributed by atoms with E-state index >= 15 is 0 Å². The molecule has 0 spiro atoms. The van der Waals surface area contributed by atoms with Crippen molar-refractivity contribution in [1.82, 2.24) is 0 Å². The van der Waals surface area contributed by atoms with Crippen LogP contribution >= 0.6 is 15.9 Å². The van der Waals surface area contributed by atoms with E-state index in [1.165, 1.54) is 44.9 Å². The zero-order valence-electron chi connectivity index (χ0n) is 12.8. The molecular formula is C17H26BrN2O+. The Bertz CT molecular complexity index is 468. The van der Waals surface area contributed by atoms with Gasteiger partial charge in [0.15, 0.2) is 6.54 Å². The average molecular weight is 354 g/mol. The maximum atomic E-state index is 12.1. The number of anilines is 1. The van der Waals surface area contributed by atoms with Crippen LogP contribution in [0.5, 0.6) is 0 Å². The largest absolute Gasteiger partial charge is 0.336 e. The Hall–Kier alpha value is -0.870. The molecule has 1 amide bonds. The number of quaternary nitrogens is 1. The van der Waals surface area contributed by atoms with Crippen molar-refractivity contribution in [1.29, 1.82) is 0 Å².